The Bertz CT molecular complexity index is 2110. The number of halogens is 1. The second-order valence-corrected chi connectivity index (χ2v) is 15.4. The van der Waals surface area contributed by atoms with Gasteiger partial charge in [0.2, 0.25) is 17.2 Å². The van der Waals surface area contributed by atoms with E-state index in [2.05, 4.69) is 16.0 Å². The van der Waals surface area contributed by atoms with Gasteiger partial charge < -0.3 is 45.9 Å². The Morgan fingerprint density at radius 2 is 1.69 bits per heavy atom. The first kappa shape index (κ1) is 44.1. The average Bonchev–Trinajstić information content (AvgIpc) is 3.18. The number of carbonyl (C=O) groups is 6. The van der Waals surface area contributed by atoms with Gasteiger partial charge in [0.1, 0.15) is 29.2 Å². The number of carboxylic acids is 1. The summed E-state index contributed by atoms with van der Waals surface area (Å²) in [6.07, 6.45) is 4.53. The molecule has 2 aromatic carbocycles. The number of amides is 5. The monoisotopic (exact) mass is 819 g/mol. The van der Waals surface area contributed by atoms with Crippen molar-refractivity contribution in [1.29, 1.82) is 0 Å². The summed E-state index contributed by atoms with van der Waals surface area (Å²) in [7, 11) is 0. The minimum absolute atomic E-state index is 0.0234. The van der Waals surface area contributed by atoms with E-state index in [9.17, 15) is 38.7 Å². The number of Topliss-reactive ketones (excluding diaryl/α,β-unsaturated/α-hetero) is 1. The smallest absolute Gasteiger partial charge is 0.410 e. The number of piperazine rings is 1. The third kappa shape index (κ3) is 10.6. The maximum absolute atomic E-state index is 15.3. The van der Waals surface area contributed by atoms with E-state index in [4.69, 9.17) is 10.5 Å². The SMILES string of the molecule is CCCC(C)NC(=O)C1(C(=O)C[C@@H](CCCNC(N)=O)C(=O)Nc2ccc(COC(=O)N3CCN(c4cc5c(cc4F)c(=O)c(C(=O)O)cn5CC)CC3)cc2)CCC1. The van der Waals surface area contributed by atoms with Gasteiger partial charge in [0.05, 0.1) is 11.2 Å². The van der Waals surface area contributed by atoms with Crippen LogP contribution in [0.5, 0.6) is 0 Å². The summed E-state index contributed by atoms with van der Waals surface area (Å²) < 4.78 is 22.5. The molecule has 1 saturated carbocycles. The number of nitrogens with zero attached hydrogens (tertiary/aromatic N) is 3. The Morgan fingerprint density at radius 1 is 1.00 bits per heavy atom. The van der Waals surface area contributed by atoms with Gasteiger partial charge in [0.15, 0.2) is 0 Å². The summed E-state index contributed by atoms with van der Waals surface area (Å²) in [6, 6.07) is 8.54. The average molecular weight is 820 g/mol. The second-order valence-electron chi connectivity index (χ2n) is 15.4. The van der Waals surface area contributed by atoms with E-state index in [1.807, 2.05) is 13.8 Å². The van der Waals surface area contributed by atoms with Gasteiger partial charge in [-0.3, -0.25) is 19.2 Å². The van der Waals surface area contributed by atoms with Gasteiger partial charge in [0.25, 0.3) is 0 Å². The molecule has 17 heteroatoms. The standard InChI is InChI=1S/C42H54FN7O9/c1-4-8-26(3)46-39(56)42(14-7-15-42)35(51)21-28(9-6-16-45-40(44)57)37(53)47-29-12-10-27(11-13-29)25-59-41(58)50-19-17-49(18-20-50)34-23-33-30(22-32(34)43)36(52)31(38(54)55)24-48(33)5-2/h10-13,22-24,26,28H,4-9,14-21,25H2,1-3H3,(H,46,56)(H,47,53)(H,54,55)(H3,44,45,57)/t26?,28-/m1/s1. The molecule has 5 amide bonds. The Labute approximate surface area is 341 Å². The molecule has 2 aliphatic rings. The molecule has 16 nitrogen and oxygen atoms in total. The molecule has 0 spiro atoms. The molecule has 59 heavy (non-hydrogen) atoms. The summed E-state index contributed by atoms with van der Waals surface area (Å²) in [4.78, 5) is 92.3. The van der Waals surface area contributed by atoms with E-state index < -0.39 is 52.1 Å². The molecule has 1 aromatic heterocycles. The quantitative estimate of drug-likeness (QED) is 0.0875. The number of fused-ring (bicyclic) bond motifs is 1. The first-order valence-corrected chi connectivity index (χ1v) is 20.2. The van der Waals surface area contributed by atoms with Crippen molar-refractivity contribution in [3.8, 4) is 0 Å². The molecule has 318 valence electrons. The predicted molar refractivity (Wildman–Crippen MR) is 219 cm³/mol. The molecular weight excluding hydrogens is 766 g/mol. The number of carbonyl (C=O) groups excluding carboxylic acids is 5. The molecule has 2 heterocycles. The number of nitrogens with two attached hydrogens (primary N) is 1. The van der Waals surface area contributed by atoms with E-state index >= 15 is 4.39 Å². The zero-order valence-electron chi connectivity index (χ0n) is 33.8. The largest absolute Gasteiger partial charge is 0.477 e. The lowest BCUT2D eigenvalue weighted by atomic mass is 9.63. The Morgan fingerprint density at radius 3 is 2.29 bits per heavy atom. The molecule has 3 aromatic rings. The lowest BCUT2D eigenvalue weighted by molar-refractivity contribution is -0.150. The fourth-order valence-corrected chi connectivity index (χ4v) is 7.69. The third-order valence-electron chi connectivity index (χ3n) is 11.3. The number of rotatable bonds is 18. The van der Waals surface area contributed by atoms with Crippen molar-refractivity contribution in [2.45, 2.75) is 91.3 Å². The summed E-state index contributed by atoms with van der Waals surface area (Å²) in [5.74, 6) is -3.78. The number of urea groups is 1. The zero-order chi connectivity index (χ0) is 42.9. The number of hydrogen-bond donors (Lipinski definition) is 5. The minimum Gasteiger partial charge on any atom is -0.477 e. The molecule has 6 N–H and O–H groups in total. The number of aromatic carboxylic acids is 1. The first-order valence-electron chi connectivity index (χ1n) is 20.2. The number of ketones is 1. The predicted octanol–water partition coefficient (Wildman–Crippen LogP) is 4.76. The highest BCUT2D eigenvalue weighted by Crippen LogP contribution is 2.44. The van der Waals surface area contributed by atoms with E-state index in [0.717, 1.165) is 25.3 Å². The van der Waals surface area contributed by atoms with Gasteiger partial charge in [-0.15, -0.1) is 0 Å². The highest BCUT2D eigenvalue weighted by atomic mass is 19.1. The fraction of sp³-hybridized carbons (Fsp3) is 0.500. The molecule has 2 fully saturated rings. The van der Waals surface area contributed by atoms with E-state index in [1.54, 1.807) is 40.7 Å². The van der Waals surface area contributed by atoms with Crippen molar-refractivity contribution in [3.63, 3.8) is 0 Å². The van der Waals surface area contributed by atoms with Crippen LogP contribution in [0.4, 0.5) is 25.4 Å². The number of aromatic nitrogens is 1. The summed E-state index contributed by atoms with van der Waals surface area (Å²) in [6.45, 7) is 7.32. The summed E-state index contributed by atoms with van der Waals surface area (Å²) >= 11 is 0. The van der Waals surface area contributed by atoms with E-state index in [0.29, 0.717) is 42.6 Å². The molecular formula is C42H54FN7O9. The zero-order valence-corrected chi connectivity index (χ0v) is 33.8. The molecule has 5 rings (SSSR count). The van der Waals surface area contributed by atoms with Crippen LogP contribution in [-0.4, -0.2) is 89.0 Å². The van der Waals surface area contributed by atoms with Crippen LogP contribution in [0.25, 0.3) is 10.9 Å². The lowest BCUT2D eigenvalue weighted by Gasteiger charge is -2.40. The van der Waals surface area contributed by atoms with Crippen LogP contribution in [0.3, 0.4) is 0 Å². The highest BCUT2D eigenvalue weighted by molar-refractivity contribution is 6.08. The second kappa shape index (κ2) is 19.6. The number of anilines is 2. The van der Waals surface area contributed by atoms with Gasteiger partial charge in [-0.25, -0.2) is 18.8 Å². The number of nitrogens with one attached hydrogen (secondary N) is 3. The van der Waals surface area contributed by atoms with Crippen molar-refractivity contribution in [3.05, 3.63) is 69.8 Å². The minimum atomic E-state index is -1.38. The number of pyridine rings is 1. The summed E-state index contributed by atoms with van der Waals surface area (Å²) in [5, 5.41) is 17.7. The highest BCUT2D eigenvalue weighted by Gasteiger charge is 2.51. The van der Waals surface area contributed by atoms with Crippen molar-refractivity contribution < 1.29 is 43.0 Å². The number of hydrogen-bond acceptors (Lipinski definition) is 9. The Balaban J connectivity index is 1.15. The van der Waals surface area contributed by atoms with Crippen molar-refractivity contribution in [1.82, 2.24) is 20.1 Å². The number of carboxylic acid groups (broad SMARTS) is 1. The Hall–Kier alpha value is -6.00. The van der Waals surface area contributed by atoms with Crippen molar-refractivity contribution in [2.24, 2.45) is 17.1 Å². The van der Waals surface area contributed by atoms with E-state index in [1.165, 1.54) is 17.2 Å². The molecule has 1 saturated heterocycles. The van der Waals surface area contributed by atoms with Crippen LogP contribution in [0.2, 0.25) is 0 Å². The number of aryl methyl sites for hydroxylation is 1. The first-order chi connectivity index (χ1) is 28.2. The van der Waals surface area contributed by atoms with Crippen molar-refractivity contribution >= 4 is 58.0 Å². The maximum Gasteiger partial charge on any atom is 0.410 e. The van der Waals surface area contributed by atoms with Gasteiger partial charge in [-0.05, 0) is 75.8 Å². The molecule has 0 radical (unpaired) electrons. The molecule has 1 aliphatic heterocycles. The fourth-order valence-electron chi connectivity index (χ4n) is 7.69. The summed E-state index contributed by atoms with van der Waals surface area (Å²) in [5.41, 5.74) is 4.61. The third-order valence-corrected chi connectivity index (χ3v) is 11.3. The van der Waals surface area contributed by atoms with Crippen molar-refractivity contribution in [2.75, 3.05) is 42.9 Å². The molecule has 1 unspecified atom stereocenters. The maximum atomic E-state index is 15.3. The number of ether oxygens (including phenoxy) is 1. The van der Waals surface area contributed by atoms with Gasteiger partial charge >= 0.3 is 18.1 Å². The van der Waals surface area contributed by atoms with Crippen LogP contribution >= 0.6 is 0 Å². The Kier molecular flexibility index (Phi) is 14.7. The van der Waals surface area contributed by atoms with Crippen LogP contribution in [0.1, 0.15) is 88.1 Å². The van der Waals surface area contributed by atoms with Crippen LogP contribution in [0.15, 0.2) is 47.4 Å². The van der Waals surface area contributed by atoms with Gasteiger partial charge in [0, 0.05) is 74.9 Å². The van der Waals surface area contributed by atoms with Gasteiger partial charge in [-0.1, -0.05) is 31.9 Å². The normalized spacial score (nSPS) is 15.7. The number of benzene rings is 2. The lowest BCUT2D eigenvalue weighted by Crippen LogP contribution is -2.53. The van der Waals surface area contributed by atoms with Gasteiger partial charge in [-0.2, -0.15) is 0 Å². The number of primary amides is 1. The molecule has 2 atom stereocenters. The van der Waals surface area contributed by atoms with E-state index in [-0.39, 0.29) is 81.0 Å². The molecule has 0 bridgehead atoms. The molecule has 1 aliphatic carbocycles. The topological polar surface area (TPSA) is 222 Å². The van der Waals surface area contributed by atoms with Crippen LogP contribution in [0, 0.1) is 17.2 Å². The van der Waals surface area contributed by atoms with Crippen LogP contribution < -0.4 is 32.0 Å². The van der Waals surface area contributed by atoms with Crippen LogP contribution in [-0.2, 0) is 32.3 Å².